The number of carbonyl (C=O) groups excluding carboxylic acids is 1. The highest BCUT2D eigenvalue weighted by molar-refractivity contribution is 5.87. The normalized spacial score (nSPS) is 19.6. The minimum atomic E-state index is 0.241. The number of nitrogens with zero attached hydrogens (tertiary/aromatic N) is 3. The van der Waals surface area contributed by atoms with Crippen LogP contribution >= 0.6 is 0 Å². The molecule has 0 spiro atoms. The standard InChI is InChI=1S/C27H35N5O2/c33-21(17-29-24-11-5-6-12-25(24)34-22-9-3-1-2-4-10-22)16-20-8-7-15-32(18-20)27-23-13-14-28-26(23)30-19-31-27/h5-6,11-14,19-20,22,29H,1-4,7-10,15-18H2,(H,28,30,31)/t20-/m0/s1. The Labute approximate surface area is 201 Å². The lowest BCUT2D eigenvalue weighted by Crippen LogP contribution is -2.37. The number of benzene rings is 1. The van der Waals surface area contributed by atoms with Gasteiger partial charge in [0.2, 0.25) is 0 Å². The Balaban J connectivity index is 1.16. The number of rotatable bonds is 8. The Hall–Kier alpha value is -3.09. The zero-order valence-corrected chi connectivity index (χ0v) is 19.8. The third kappa shape index (κ3) is 5.51. The monoisotopic (exact) mass is 461 g/mol. The molecule has 180 valence electrons. The van der Waals surface area contributed by atoms with E-state index >= 15 is 0 Å². The van der Waals surface area contributed by atoms with Crippen LogP contribution in [0.25, 0.3) is 11.0 Å². The van der Waals surface area contributed by atoms with Crippen molar-refractivity contribution in [1.82, 2.24) is 15.0 Å². The average molecular weight is 462 g/mol. The number of nitrogens with one attached hydrogen (secondary N) is 2. The van der Waals surface area contributed by atoms with Crippen molar-refractivity contribution in [2.75, 3.05) is 29.9 Å². The fraction of sp³-hybridized carbons (Fsp3) is 0.519. The van der Waals surface area contributed by atoms with E-state index in [1.807, 2.05) is 36.5 Å². The van der Waals surface area contributed by atoms with Crippen LogP contribution in [0, 0.1) is 5.92 Å². The predicted octanol–water partition coefficient (Wildman–Crippen LogP) is 5.35. The molecule has 1 aliphatic heterocycles. The van der Waals surface area contributed by atoms with Crippen LogP contribution in [-0.4, -0.2) is 46.5 Å². The lowest BCUT2D eigenvalue weighted by atomic mass is 9.92. The van der Waals surface area contributed by atoms with Crippen molar-refractivity contribution >= 4 is 28.3 Å². The summed E-state index contributed by atoms with van der Waals surface area (Å²) in [5.74, 6) is 2.41. The smallest absolute Gasteiger partial charge is 0.152 e. The highest BCUT2D eigenvalue weighted by Crippen LogP contribution is 2.30. The lowest BCUT2D eigenvalue weighted by Gasteiger charge is -2.33. The second-order valence-corrected chi connectivity index (χ2v) is 9.72. The van der Waals surface area contributed by atoms with Gasteiger partial charge < -0.3 is 19.9 Å². The number of hydrogen-bond acceptors (Lipinski definition) is 6. The number of carbonyl (C=O) groups is 1. The van der Waals surface area contributed by atoms with Gasteiger partial charge >= 0.3 is 0 Å². The third-order valence-corrected chi connectivity index (χ3v) is 7.13. The van der Waals surface area contributed by atoms with Crippen molar-refractivity contribution < 1.29 is 9.53 Å². The van der Waals surface area contributed by atoms with E-state index in [1.54, 1.807) is 6.33 Å². The second-order valence-electron chi connectivity index (χ2n) is 9.72. The summed E-state index contributed by atoms with van der Waals surface area (Å²) >= 11 is 0. The summed E-state index contributed by atoms with van der Waals surface area (Å²) in [4.78, 5) is 27.2. The maximum absolute atomic E-state index is 12.9. The lowest BCUT2D eigenvalue weighted by molar-refractivity contribution is -0.118. The van der Waals surface area contributed by atoms with E-state index in [9.17, 15) is 4.79 Å². The molecule has 1 saturated heterocycles. The Bertz CT molecular complexity index is 1090. The zero-order valence-electron chi connectivity index (χ0n) is 19.8. The third-order valence-electron chi connectivity index (χ3n) is 7.13. The van der Waals surface area contributed by atoms with Crippen molar-refractivity contribution in [1.29, 1.82) is 0 Å². The number of anilines is 2. The molecule has 3 aromatic rings. The van der Waals surface area contributed by atoms with Crippen LogP contribution in [0.15, 0.2) is 42.9 Å². The van der Waals surface area contributed by atoms with Gasteiger partial charge in [-0.3, -0.25) is 4.79 Å². The van der Waals surface area contributed by atoms with Gasteiger partial charge in [0.25, 0.3) is 0 Å². The molecule has 7 nitrogen and oxygen atoms in total. The van der Waals surface area contributed by atoms with E-state index in [-0.39, 0.29) is 11.9 Å². The molecular formula is C27H35N5O2. The van der Waals surface area contributed by atoms with Gasteiger partial charge in [0.15, 0.2) is 5.78 Å². The van der Waals surface area contributed by atoms with Crippen LogP contribution in [0.3, 0.4) is 0 Å². The minimum Gasteiger partial charge on any atom is -0.488 e. The van der Waals surface area contributed by atoms with Gasteiger partial charge in [0.05, 0.1) is 23.7 Å². The molecule has 2 N–H and O–H groups in total. The van der Waals surface area contributed by atoms with Crippen molar-refractivity contribution in [2.24, 2.45) is 5.92 Å². The van der Waals surface area contributed by atoms with Gasteiger partial charge in [0.1, 0.15) is 23.5 Å². The first-order valence-corrected chi connectivity index (χ1v) is 12.8. The Morgan fingerprint density at radius 2 is 1.91 bits per heavy atom. The first kappa shape index (κ1) is 22.7. The van der Waals surface area contributed by atoms with Crippen LogP contribution in [0.1, 0.15) is 57.8 Å². The molecule has 5 rings (SSSR count). The number of piperidine rings is 1. The maximum atomic E-state index is 12.9. The summed E-state index contributed by atoms with van der Waals surface area (Å²) in [6, 6.07) is 10.1. The topological polar surface area (TPSA) is 83.1 Å². The van der Waals surface area contributed by atoms with Crippen molar-refractivity contribution in [2.45, 2.75) is 63.9 Å². The van der Waals surface area contributed by atoms with E-state index in [0.717, 1.165) is 67.1 Å². The van der Waals surface area contributed by atoms with Crippen LogP contribution in [0.4, 0.5) is 11.5 Å². The van der Waals surface area contributed by atoms with Crippen LogP contribution in [-0.2, 0) is 4.79 Å². The molecule has 0 unspecified atom stereocenters. The van der Waals surface area contributed by atoms with E-state index in [0.29, 0.717) is 18.9 Å². The molecular weight excluding hydrogens is 426 g/mol. The Morgan fingerprint density at radius 1 is 1.06 bits per heavy atom. The van der Waals surface area contributed by atoms with Gasteiger partial charge in [-0.25, -0.2) is 9.97 Å². The number of ether oxygens (including phenoxy) is 1. The first-order chi connectivity index (χ1) is 16.8. The maximum Gasteiger partial charge on any atom is 0.152 e. The summed E-state index contributed by atoms with van der Waals surface area (Å²) in [5.41, 5.74) is 1.78. The Kier molecular flexibility index (Phi) is 7.27. The highest BCUT2D eigenvalue weighted by atomic mass is 16.5. The van der Waals surface area contributed by atoms with Crippen LogP contribution in [0.2, 0.25) is 0 Å². The van der Waals surface area contributed by atoms with E-state index in [1.165, 1.54) is 25.7 Å². The number of ketones is 1. The summed E-state index contributed by atoms with van der Waals surface area (Å²) in [6.07, 6.45) is 13.8. The first-order valence-electron chi connectivity index (χ1n) is 12.8. The van der Waals surface area contributed by atoms with Gasteiger partial charge in [-0.15, -0.1) is 0 Å². The number of fused-ring (bicyclic) bond motifs is 1. The van der Waals surface area contributed by atoms with E-state index in [4.69, 9.17) is 4.74 Å². The van der Waals surface area contributed by atoms with Gasteiger partial charge in [-0.05, 0) is 62.6 Å². The van der Waals surface area contributed by atoms with Crippen molar-refractivity contribution in [3.05, 3.63) is 42.9 Å². The number of aromatic nitrogens is 3. The van der Waals surface area contributed by atoms with E-state index < -0.39 is 0 Å². The molecule has 2 aromatic heterocycles. The van der Waals surface area contributed by atoms with Crippen LogP contribution in [0.5, 0.6) is 5.75 Å². The number of hydrogen-bond donors (Lipinski definition) is 2. The number of aromatic amines is 1. The van der Waals surface area contributed by atoms with Crippen molar-refractivity contribution in [3.63, 3.8) is 0 Å². The molecule has 2 fully saturated rings. The molecule has 34 heavy (non-hydrogen) atoms. The highest BCUT2D eigenvalue weighted by Gasteiger charge is 2.24. The summed E-state index contributed by atoms with van der Waals surface area (Å²) in [6.45, 7) is 2.15. The average Bonchev–Trinajstić information content (AvgIpc) is 3.20. The number of Topliss-reactive ketones (excluding diaryl/α,β-unsaturated/α-hetero) is 1. The van der Waals surface area contributed by atoms with Gasteiger partial charge in [-0.2, -0.15) is 0 Å². The molecule has 0 radical (unpaired) electrons. The molecule has 1 aliphatic carbocycles. The van der Waals surface area contributed by atoms with Crippen LogP contribution < -0.4 is 15.0 Å². The van der Waals surface area contributed by atoms with Gasteiger partial charge in [0, 0.05) is 25.7 Å². The van der Waals surface area contributed by atoms with E-state index in [2.05, 4.69) is 25.2 Å². The molecule has 7 heteroatoms. The molecule has 0 amide bonds. The summed E-state index contributed by atoms with van der Waals surface area (Å²) in [5, 5.41) is 4.40. The quantitative estimate of drug-likeness (QED) is 0.440. The zero-order chi connectivity index (χ0) is 23.2. The predicted molar refractivity (Wildman–Crippen MR) is 135 cm³/mol. The van der Waals surface area contributed by atoms with Crippen molar-refractivity contribution in [3.8, 4) is 5.75 Å². The molecule has 0 bridgehead atoms. The molecule has 1 aromatic carbocycles. The van der Waals surface area contributed by atoms with Gasteiger partial charge in [-0.1, -0.05) is 25.0 Å². The number of para-hydroxylation sites is 2. The second kappa shape index (κ2) is 10.9. The molecule has 1 saturated carbocycles. The number of H-pyrrole nitrogens is 1. The fourth-order valence-corrected chi connectivity index (χ4v) is 5.38. The summed E-state index contributed by atoms with van der Waals surface area (Å²) in [7, 11) is 0. The summed E-state index contributed by atoms with van der Waals surface area (Å²) < 4.78 is 6.35. The molecule has 3 heterocycles. The Morgan fingerprint density at radius 3 is 2.79 bits per heavy atom. The minimum absolute atomic E-state index is 0.241. The molecule has 2 aliphatic rings. The molecule has 1 atom stereocenters. The fourth-order valence-electron chi connectivity index (χ4n) is 5.38. The SMILES string of the molecule is O=C(CNc1ccccc1OC1CCCCCC1)C[C@@H]1CCCN(c2ncnc3[nH]ccc23)C1. The largest absolute Gasteiger partial charge is 0.488 e.